The third-order valence-electron chi connectivity index (χ3n) is 6.69. The number of benzene rings is 3. The maximum Gasteiger partial charge on any atom is 0.216 e. The number of hydrogen-bond donors (Lipinski definition) is 0. The summed E-state index contributed by atoms with van der Waals surface area (Å²) in [5, 5.41) is 2.84. The molecule has 3 aromatic rings. The Morgan fingerprint density at radius 2 is 1.33 bits per heavy atom. The van der Waals surface area contributed by atoms with E-state index in [9.17, 15) is 0 Å². The summed E-state index contributed by atoms with van der Waals surface area (Å²) in [6.45, 7) is 14.0. The van der Waals surface area contributed by atoms with Crippen LogP contribution in [-0.2, 0) is 15.6 Å². The number of ether oxygens (including phenoxy) is 2. The number of hydrogen-bond acceptors (Lipinski definition) is 3. The van der Waals surface area contributed by atoms with Crippen LogP contribution in [0.3, 0.4) is 0 Å². The molecule has 1 aliphatic rings. The van der Waals surface area contributed by atoms with Crippen molar-refractivity contribution in [1.82, 2.24) is 0 Å². The highest BCUT2D eigenvalue weighted by Crippen LogP contribution is 2.41. The predicted molar refractivity (Wildman–Crippen MR) is 155 cm³/mol. The van der Waals surface area contributed by atoms with Gasteiger partial charge in [-0.15, -0.1) is 0 Å². The van der Waals surface area contributed by atoms with Crippen molar-refractivity contribution in [2.45, 2.75) is 64.8 Å². The molecule has 36 heavy (non-hydrogen) atoms. The highest BCUT2D eigenvalue weighted by atomic mass is 31.1. The molecular formula is C32H40NO2P. The first-order chi connectivity index (χ1) is 17.1. The van der Waals surface area contributed by atoms with E-state index in [1.165, 1.54) is 21.7 Å². The van der Waals surface area contributed by atoms with Crippen LogP contribution in [0, 0.1) is 0 Å². The maximum absolute atomic E-state index is 6.22. The van der Waals surface area contributed by atoms with Gasteiger partial charge in [0, 0.05) is 16.7 Å². The molecule has 0 spiro atoms. The van der Waals surface area contributed by atoms with Crippen LogP contribution in [0.15, 0.2) is 77.8 Å². The fourth-order valence-electron chi connectivity index (χ4n) is 4.71. The monoisotopic (exact) mass is 501 g/mol. The third kappa shape index (κ3) is 6.01. The number of methoxy groups -OCH3 is 1. The Bertz CT molecular complexity index is 1120. The Balaban J connectivity index is 1.61. The smallest absolute Gasteiger partial charge is 0.216 e. The highest BCUT2D eigenvalue weighted by molar-refractivity contribution is 7.73. The van der Waals surface area contributed by atoms with Crippen molar-refractivity contribution >= 4 is 24.4 Å². The summed E-state index contributed by atoms with van der Waals surface area (Å²) < 4.78 is 12.2. The van der Waals surface area contributed by atoms with E-state index in [1.54, 1.807) is 7.11 Å². The number of aliphatic imine (C=N–C) groups is 1. The van der Waals surface area contributed by atoms with Crippen molar-refractivity contribution in [3.05, 3.63) is 89.5 Å². The minimum atomic E-state index is -0.425. The topological polar surface area (TPSA) is 30.8 Å². The second-order valence-corrected chi connectivity index (χ2v) is 14.0. The van der Waals surface area contributed by atoms with E-state index in [1.807, 2.05) is 0 Å². The van der Waals surface area contributed by atoms with Crippen LogP contribution in [-0.4, -0.2) is 31.8 Å². The number of nitrogens with zero attached hydrogens (tertiary/aromatic N) is 1. The summed E-state index contributed by atoms with van der Waals surface area (Å²) in [4.78, 5) is 5.08. The van der Waals surface area contributed by atoms with Crippen LogP contribution in [0.4, 0.5) is 0 Å². The summed E-state index contributed by atoms with van der Waals surface area (Å²) in [6.07, 6.45) is 2.10. The molecule has 4 rings (SSSR count). The third-order valence-corrected chi connectivity index (χ3v) is 9.24. The molecule has 0 amide bonds. The molecule has 0 fully saturated rings. The molecular weight excluding hydrogens is 461 g/mol. The van der Waals surface area contributed by atoms with Crippen molar-refractivity contribution < 1.29 is 9.47 Å². The van der Waals surface area contributed by atoms with E-state index in [-0.39, 0.29) is 16.9 Å². The lowest BCUT2D eigenvalue weighted by Gasteiger charge is -2.29. The Morgan fingerprint density at radius 3 is 1.78 bits per heavy atom. The molecule has 4 heteroatoms. The van der Waals surface area contributed by atoms with Gasteiger partial charge >= 0.3 is 0 Å². The molecule has 190 valence electrons. The standard InChI is InChI=1S/C32H40NO2P/c1-31(2,3)27-20-23(21-28(29(27)34-7)32(4,5)6)30-33-24(22-35-30)18-19-36(25-14-10-8-11-15-25)26-16-12-9-13-17-26/h8-17,20-21,24H,18-19,22H2,1-7H3. The second-order valence-electron chi connectivity index (χ2n) is 11.6. The first-order valence-electron chi connectivity index (χ1n) is 12.9. The van der Waals surface area contributed by atoms with Crippen LogP contribution in [0.25, 0.3) is 0 Å². The molecule has 1 unspecified atom stereocenters. The van der Waals surface area contributed by atoms with E-state index in [2.05, 4.69) is 114 Å². The van der Waals surface area contributed by atoms with Crippen molar-refractivity contribution in [3.63, 3.8) is 0 Å². The molecule has 0 saturated carbocycles. The van der Waals surface area contributed by atoms with Gasteiger partial charge in [0.25, 0.3) is 0 Å². The largest absolute Gasteiger partial charge is 0.496 e. The molecule has 3 aromatic carbocycles. The van der Waals surface area contributed by atoms with Crippen LogP contribution in [0.5, 0.6) is 5.75 Å². The molecule has 0 bridgehead atoms. The van der Waals surface area contributed by atoms with Gasteiger partial charge in [0.05, 0.1) is 13.2 Å². The van der Waals surface area contributed by atoms with Gasteiger partial charge in [0.1, 0.15) is 12.4 Å². The zero-order valence-corrected chi connectivity index (χ0v) is 23.7. The van der Waals surface area contributed by atoms with Crippen molar-refractivity contribution in [1.29, 1.82) is 0 Å². The molecule has 0 N–H and O–H groups in total. The fraction of sp³-hybridized carbons (Fsp3) is 0.406. The molecule has 0 saturated heterocycles. The van der Waals surface area contributed by atoms with Gasteiger partial charge in [-0.1, -0.05) is 102 Å². The van der Waals surface area contributed by atoms with Crippen molar-refractivity contribution in [2.24, 2.45) is 4.99 Å². The minimum absolute atomic E-state index is 0.0544. The summed E-state index contributed by atoms with van der Waals surface area (Å²) in [5.74, 6) is 1.74. The van der Waals surface area contributed by atoms with Gasteiger partial charge in [0.15, 0.2) is 0 Å². The van der Waals surface area contributed by atoms with Crippen LogP contribution in [0.2, 0.25) is 0 Å². The lowest BCUT2D eigenvalue weighted by atomic mass is 9.78. The van der Waals surface area contributed by atoms with Gasteiger partial charge < -0.3 is 9.47 Å². The first-order valence-corrected chi connectivity index (χ1v) is 14.4. The van der Waals surface area contributed by atoms with E-state index < -0.39 is 7.92 Å². The minimum Gasteiger partial charge on any atom is -0.496 e. The summed E-state index contributed by atoms with van der Waals surface area (Å²) in [7, 11) is 1.35. The summed E-state index contributed by atoms with van der Waals surface area (Å²) in [5.41, 5.74) is 3.33. The Labute approximate surface area is 218 Å². The van der Waals surface area contributed by atoms with Gasteiger partial charge in [0.2, 0.25) is 5.90 Å². The average molecular weight is 502 g/mol. The normalized spacial score (nSPS) is 16.1. The van der Waals surface area contributed by atoms with E-state index in [0.29, 0.717) is 6.61 Å². The van der Waals surface area contributed by atoms with E-state index in [0.717, 1.165) is 29.8 Å². The van der Waals surface area contributed by atoms with Gasteiger partial charge in [-0.2, -0.15) is 0 Å². The summed E-state index contributed by atoms with van der Waals surface area (Å²) in [6, 6.07) is 26.4. The van der Waals surface area contributed by atoms with E-state index >= 15 is 0 Å². The molecule has 1 atom stereocenters. The van der Waals surface area contributed by atoms with Crippen LogP contribution < -0.4 is 15.3 Å². The molecule has 3 nitrogen and oxygen atoms in total. The number of rotatable bonds is 7. The zero-order valence-electron chi connectivity index (χ0n) is 22.8. The average Bonchev–Trinajstić information content (AvgIpc) is 3.32. The molecule has 0 radical (unpaired) electrons. The first kappa shape index (κ1) is 26.4. The Kier molecular flexibility index (Phi) is 7.90. The maximum atomic E-state index is 6.22. The van der Waals surface area contributed by atoms with Crippen LogP contribution >= 0.6 is 7.92 Å². The Morgan fingerprint density at radius 1 is 0.833 bits per heavy atom. The van der Waals surface area contributed by atoms with Crippen LogP contribution in [0.1, 0.15) is 64.7 Å². The molecule has 1 heterocycles. The van der Waals surface area contributed by atoms with Crippen molar-refractivity contribution in [2.75, 3.05) is 19.9 Å². The molecule has 1 aliphatic heterocycles. The fourth-order valence-corrected chi connectivity index (χ4v) is 7.14. The Hall–Kier alpha value is -2.64. The quantitative estimate of drug-likeness (QED) is 0.328. The lowest BCUT2D eigenvalue weighted by molar-refractivity contribution is 0.315. The van der Waals surface area contributed by atoms with Gasteiger partial charge in [-0.25, -0.2) is 4.99 Å². The van der Waals surface area contributed by atoms with E-state index in [4.69, 9.17) is 14.5 Å². The van der Waals surface area contributed by atoms with Crippen molar-refractivity contribution in [3.8, 4) is 5.75 Å². The SMILES string of the molecule is COc1c(C(C)(C)C)cc(C2=NC(CCP(c3ccccc3)c3ccccc3)CO2)cc1C(C)(C)C. The predicted octanol–water partition coefficient (Wildman–Crippen LogP) is 6.96. The molecule has 0 aromatic heterocycles. The zero-order chi connectivity index (χ0) is 25.9. The highest BCUT2D eigenvalue weighted by Gasteiger charge is 2.30. The second kappa shape index (κ2) is 10.8. The summed E-state index contributed by atoms with van der Waals surface area (Å²) >= 11 is 0. The van der Waals surface area contributed by atoms with Gasteiger partial charge in [-0.05, 0) is 54.1 Å². The van der Waals surface area contributed by atoms with Gasteiger partial charge in [-0.3, -0.25) is 0 Å². The molecule has 0 aliphatic carbocycles. The lowest BCUT2D eigenvalue weighted by Crippen LogP contribution is -2.20.